The maximum Gasteiger partial charge on any atom is 0.241 e. The topological polar surface area (TPSA) is 74.3 Å². The zero-order chi connectivity index (χ0) is 15.3. The average molecular weight is 312 g/mol. The van der Waals surface area contributed by atoms with Crippen LogP contribution in [-0.2, 0) is 10.0 Å². The molecule has 1 aromatic rings. The van der Waals surface area contributed by atoms with Crippen molar-refractivity contribution in [2.45, 2.75) is 37.6 Å². The summed E-state index contributed by atoms with van der Waals surface area (Å²) in [7, 11) is -3.49. The van der Waals surface area contributed by atoms with Crippen LogP contribution in [0.5, 0.6) is 0 Å². The third kappa shape index (κ3) is 4.39. The SMILES string of the molecule is CCNc1cc(S(=O)(=O)NC2CCCN(CC)C2)ccn1. The lowest BCUT2D eigenvalue weighted by Crippen LogP contribution is -2.47. The Morgan fingerprint density at radius 2 is 2.24 bits per heavy atom. The van der Waals surface area contributed by atoms with Crippen LogP contribution in [0.15, 0.2) is 23.2 Å². The Labute approximate surface area is 127 Å². The molecular weight excluding hydrogens is 288 g/mol. The number of hydrogen-bond acceptors (Lipinski definition) is 5. The Morgan fingerprint density at radius 3 is 2.95 bits per heavy atom. The zero-order valence-corrected chi connectivity index (χ0v) is 13.5. The van der Waals surface area contributed by atoms with Gasteiger partial charge in [-0.15, -0.1) is 0 Å². The third-order valence-electron chi connectivity index (χ3n) is 3.67. The van der Waals surface area contributed by atoms with Gasteiger partial charge in [-0.25, -0.2) is 18.1 Å². The van der Waals surface area contributed by atoms with Gasteiger partial charge in [-0.2, -0.15) is 0 Å². The molecule has 7 heteroatoms. The van der Waals surface area contributed by atoms with Gasteiger partial charge in [-0.05, 0) is 38.9 Å². The molecule has 1 aromatic heterocycles. The van der Waals surface area contributed by atoms with Crippen molar-refractivity contribution in [1.29, 1.82) is 0 Å². The first kappa shape index (κ1) is 16.2. The van der Waals surface area contributed by atoms with Crippen molar-refractivity contribution >= 4 is 15.8 Å². The van der Waals surface area contributed by atoms with E-state index in [0.29, 0.717) is 12.4 Å². The van der Waals surface area contributed by atoms with Gasteiger partial charge in [0.15, 0.2) is 0 Å². The van der Waals surface area contributed by atoms with Crippen LogP contribution in [0.2, 0.25) is 0 Å². The van der Waals surface area contributed by atoms with Crippen LogP contribution in [0.1, 0.15) is 26.7 Å². The second-order valence-corrected chi connectivity index (χ2v) is 6.97. The minimum atomic E-state index is -3.49. The first-order valence-electron chi connectivity index (χ1n) is 7.49. The smallest absolute Gasteiger partial charge is 0.241 e. The minimum Gasteiger partial charge on any atom is -0.370 e. The van der Waals surface area contributed by atoms with Crippen LogP contribution in [0.25, 0.3) is 0 Å². The number of nitrogens with zero attached hydrogens (tertiary/aromatic N) is 2. The molecule has 0 bridgehead atoms. The van der Waals surface area contributed by atoms with Crippen molar-refractivity contribution < 1.29 is 8.42 Å². The van der Waals surface area contributed by atoms with Crippen molar-refractivity contribution in [2.24, 2.45) is 0 Å². The van der Waals surface area contributed by atoms with Crippen molar-refractivity contribution in [2.75, 3.05) is 31.5 Å². The Balaban J connectivity index is 2.09. The molecule has 1 atom stereocenters. The lowest BCUT2D eigenvalue weighted by atomic mass is 10.1. The molecule has 6 nitrogen and oxygen atoms in total. The van der Waals surface area contributed by atoms with Crippen LogP contribution in [0.4, 0.5) is 5.82 Å². The summed E-state index contributed by atoms with van der Waals surface area (Å²) in [4.78, 5) is 6.64. The molecule has 1 aliphatic rings. The fraction of sp³-hybridized carbons (Fsp3) is 0.643. The number of pyridine rings is 1. The van der Waals surface area contributed by atoms with Crippen LogP contribution >= 0.6 is 0 Å². The van der Waals surface area contributed by atoms with E-state index < -0.39 is 10.0 Å². The lowest BCUT2D eigenvalue weighted by Gasteiger charge is -2.32. The molecule has 1 unspecified atom stereocenters. The summed E-state index contributed by atoms with van der Waals surface area (Å²) in [5.41, 5.74) is 0. The average Bonchev–Trinajstić information content (AvgIpc) is 2.48. The van der Waals surface area contributed by atoms with Crippen LogP contribution < -0.4 is 10.0 Å². The molecule has 1 aliphatic heterocycles. The Hall–Kier alpha value is -1.18. The Morgan fingerprint density at radius 1 is 1.43 bits per heavy atom. The van der Waals surface area contributed by atoms with E-state index in [1.165, 1.54) is 12.3 Å². The quantitative estimate of drug-likeness (QED) is 0.827. The Kier molecular flexibility index (Phi) is 5.55. The summed E-state index contributed by atoms with van der Waals surface area (Å²) in [6.07, 6.45) is 3.44. The maximum absolute atomic E-state index is 12.5. The molecule has 2 rings (SSSR count). The van der Waals surface area contributed by atoms with Gasteiger partial charge in [0.05, 0.1) is 4.90 Å². The van der Waals surface area contributed by atoms with E-state index in [1.54, 1.807) is 6.07 Å². The molecule has 0 amide bonds. The molecule has 118 valence electrons. The van der Waals surface area contributed by atoms with Crippen molar-refractivity contribution in [3.8, 4) is 0 Å². The monoisotopic (exact) mass is 312 g/mol. The predicted octanol–water partition coefficient (Wildman–Crippen LogP) is 1.28. The summed E-state index contributed by atoms with van der Waals surface area (Å²) in [6.45, 7) is 7.54. The summed E-state index contributed by atoms with van der Waals surface area (Å²) < 4.78 is 27.8. The normalized spacial score (nSPS) is 20.4. The second-order valence-electron chi connectivity index (χ2n) is 5.26. The number of piperidine rings is 1. The van der Waals surface area contributed by atoms with Gasteiger partial charge in [-0.3, -0.25) is 0 Å². The molecule has 0 radical (unpaired) electrons. The van der Waals surface area contributed by atoms with Gasteiger partial charge in [0.2, 0.25) is 10.0 Å². The fourth-order valence-corrected chi connectivity index (χ4v) is 3.86. The van der Waals surface area contributed by atoms with Gasteiger partial charge in [0.1, 0.15) is 5.82 Å². The number of rotatable bonds is 6. The number of aromatic nitrogens is 1. The molecular formula is C14H24N4O2S. The van der Waals surface area contributed by atoms with Gasteiger partial charge < -0.3 is 10.2 Å². The van der Waals surface area contributed by atoms with Crippen LogP contribution in [-0.4, -0.2) is 50.5 Å². The molecule has 0 saturated carbocycles. The number of sulfonamides is 1. The molecule has 2 heterocycles. The fourth-order valence-electron chi connectivity index (χ4n) is 2.58. The van der Waals surface area contributed by atoms with Gasteiger partial charge in [-0.1, -0.05) is 6.92 Å². The van der Waals surface area contributed by atoms with E-state index in [2.05, 4.69) is 26.8 Å². The molecule has 0 aromatic carbocycles. The number of likely N-dealkylation sites (tertiary alicyclic amines) is 1. The third-order valence-corrected chi connectivity index (χ3v) is 5.19. The second kappa shape index (κ2) is 7.20. The highest BCUT2D eigenvalue weighted by Crippen LogP contribution is 2.16. The Bertz CT molecular complexity index is 562. The number of anilines is 1. The summed E-state index contributed by atoms with van der Waals surface area (Å²) in [5, 5.41) is 3.03. The van der Waals surface area contributed by atoms with Gasteiger partial charge in [0, 0.05) is 31.4 Å². The molecule has 0 spiro atoms. The molecule has 21 heavy (non-hydrogen) atoms. The van der Waals surface area contributed by atoms with Gasteiger partial charge >= 0.3 is 0 Å². The summed E-state index contributed by atoms with van der Waals surface area (Å²) >= 11 is 0. The number of hydrogen-bond donors (Lipinski definition) is 2. The van der Waals surface area contributed by atoms with Gasteiger partial charge in [0.25, 0.3) is 0 Å². The number of nitrogens with one attached hydrogen (secondary N) is 2. The zero-order valence-electron chi connectivity index (χ0n) is 12.7. The predicted molar refractivity (Wildman–Crippen MR) is 83.9 cm³/mol. The van der Waals surface area contributed by atoms with Crippen LogP contribution in [0.3, 0.4) is 0 Å². The highest BCUT2D eigenvalue weighted by molar-refractivity contribution is 7.89. The van der Waals surface area contributed by atoms with Crippen molar-refractivity contribution in [3.63, 3.8) is 0 Å². The van der Waals surface area contributed by atoms with E-state index in [4.69, 9.17) is 0 Å². The maximum atomic E-state index is 12.5. The van der Waals surface area contributed by atoms with E-state index >= 15 is 0 Å². The van der Waals surface area contributed by atoms with Crippen LogP contribution in [0, 0.1) is 0 Å². The summed E-state index contributed by atoms with van der Waals surface area (Å²) in [5.74, 6) is 0.583. The van der Waals surface area contributed by atoms with E-state index in [9.17, 15) is 8.42 Å². The van der Waals surface area contributed by atoms with E-state index in [-0.39, 0.29) is 10.9 Å². The lowest BCUT2D eigenvalue weighted by molar-refractivity contribution is 0.211. The highest BCUT2D eigenvalue weighted by atomic mass is 32.2. The first-order valence-corrected chi connectivity index (χ1v) is 8.98. The van der Waals surface area contributed by atoms with E-state index in [0.717, 1.165) is 32.5 Å². The molecule has 0 aliphatic carbocycles. The largest absolute Gasteiger partial charge is 0.370 e. The molecule has 1 saturated heterocycles. The standard InChI is InChI=1S/C14H24N4O2S/c1-3-15-14-10-13(7-8-16-14)21(19,20)17-12-6-5-9-18(4-2)11-12/h7-8,10,12,17H,3-6,9,11H2,1-2H3,(H,15,16). The summed E-state index contributed by atoms with van der Waals surface area (Å²) in [6, 6.07) is 3.09. The first-order chi connectivity index (χ1) is 10.0. The number of likely N-dealkylation sites (N-methyl/N-ethyl adjacent to an activating group) is 1. The van der Waals surface area contributed by atoms with E-state index in [1.807, 2.05) is 6.92 Å². The molecule has 1 fully saturated rings. The molecule has 2 N–H and O–H groups in total. The minimum absolute atomic E-state index is 0.0144. The van der Waals surface area contributed by atoms with Crippen molar-refractivity contribution in [3.05, 3.63) is 18.3 Å². The highest BCUT2D eigenvalue weighted by Gasteiger charge is 2.24. The van der Waals surface area contributed by atoms with Crippen molar-refractivity contribution in [1.82, 2.24) is 14.6 Å².